The monoisotopic (exact) mass is 748 g/mol. The number of hydrogen-bond acceptors (Lipinski definition) is 10. The first-order valence-electron chi connectivity index (χ1n) is 14.3. The van der Waals surface area contributed by atoms with Crippen molar-refractivity contribution in [1.82, 2.24) is 7.42 Å². The van der Waals surface area contributed by atoms with Crippen LogP contribution >= 0.6 is 10.7 Å². The van der Waals surface area contributed by atoms with Gasteiger partial charge in [0.05, 0.1) is 42.4 Å². The molecule has 0 fully saturated rings. The fourth-order valence-electron chi connectivity index (χ4n) is 4.40. The van der Waals surface area contributed by atoms with Crippen LogP contribution in [-0.4, -0.2) is 78.8 Å². The molecule has 0 atom stereocenters. The normalized spacial score (nSPS) is 13.4. The van der Waals surface area contributed by atoms with Crippen molar-refractivity contribution >= 4 is 59.8 Å². The molecule has 0 radical (unpaired) electrons. The minimum atomic E-state index is -4.29. The largest absolute Gasteiger partial charge is 0.232 e. The van der Waals surface area contributed by atoms with Crippen LogP contribution in [0.5, 0.6) is 0 Å². The van der Waals surface area contributed by atoms with Crippen LogP contribution in [0.1, 0.15) is 62.5 Å². The molecule has 0 bridgehead atoms. The molecule has 0 N–H and O–H groups in total. The molecule has 0 spiro atoms. The lowest BCUT2D eigenvalue weighted by Gasteiger charge is -2.22. The van der Waals surface area contributed by atoms with Crippen molar-refractivity contribution in [1.29, 1.82) is 0 Å². The molecule has 0 amide bonds. The van der Waals surface area contributed by atoms with Crippen molar-refractivity contribution in [2.75, 3.05) is 29.3 Å². The molecule has 0 saturated carbocycles. The predicted molar refractivity (Wildman–Crippen MR) is 177 cm³/mol. The summed E-state index contributed by atoms with van der Waals surface area (Å²) in [6.07, 6.45) is 2.70. The highest BCUT2D eigenvalue weighted by Gasteiger charge is 2.34. The van der Waals surface area contributed by atoms with Crippen LogP contribution in [0, 0.1) is 0 Å². The lowest BCUT2D eigenvalue weighted by molar-refractivity contribution is 0.487. The maximum Gasteiger partial charge on any atom is 0.232 e. The topological polar surface area (TPSA) is 177 Å². The van der Waals surface area contributed by atoms with E-state index >= 15 is 0 Å². The number of rotatable bonds is 22. The maximum atomic E-state index is 13.3. The van der Waals surface area contributed by atoms with Gasteiger partial charge in [-0.1, -0.05) is 93.8 Å². The Bertz CT molecular complexity index is 1750. The summed E-state index contributed by atoms with van der Waals surface area (Å²) in [4.78, 5) is 0. The molecule has 2 rings (SSSR count). The van der Waals surface area contributed by atoms with Crippen LogP contribution in [-0.2, 0) is 62.2 Å². The molecule has 18 heteroatoms. The molecule has 12 nitrogen and oxygen atoms in total. The summed E-state index contributed by atoms with van der Waals surface area (Å²) >= 11 is 0. The van der Waals surface area contributed by atoms with Crippen molar-refractivity contribution < 1.29 is 42.1 Å². The van der Waals surface area contributed by atoms with Gasteiger partial charge >= 0.3 is 0 Å². The molecule has 0 aliphatic rings. The number of hydrogen-bond donors (Lipinski definition) is 0. The van der Waals surface area contributed by atoms with Crippen molar-refractivity contribution in [3.05, 3.63) is 71.8 Å². The number of benzene rings is 2. The first-order chi connectivity index (χ1) is 20.8. The van der Waals surface area contributed by atoms with E-state index in [1.165, 1.54) is 0 Å². The Balaban J connectivity index is 1.97. The number of nitrogens with zero attached hydrogens (tertiary/aromatic N) is 2. The SMILES string of the molecule is CS(=O)(=O)N(Cc1ccccc1)S(=O)(=O)CCCCCCS(=O)(=O)N(Cc1ccccc1)S(=O)(=O)CCCCCCS(=O)(=O)Cl. The fourth-order valence-corrected chi connectivity index (χ4v) is 12.7. The van der Waals surface area contributed by atoms with E-state index in [-0.39, 0.29) is 57.4 Å². The van der Waals surface area contributed by atoms with E-state index in [0.29, 0.717) is 31.4 Å². The third kappa shape index (κ3) is 14.8. The van der Waals surface area contributed by atoms with E-state index in [2.05, 4.69) is 0 Å². The van der Waals surface area contributed by atoms with Crippen molar-refractivity contribution in [3.63, 3.8) is 0 Å². The summed E-state index contributed by atoms with van der Waals surface area (Å²) in [5, 5.41) is 0. The summed E-state index contributed by atoms with van der Waals surface area (Å²) in [6.45, 7) is -0.710. The zero-order chi connectivity index (χ0) is 33.8. The molecule has 0 unspecified atom stereocenters. The van der Waals surface area contributed by atoms with Crippen molar-refractivity contribution in [2.45, 2.75) is 64.5 Å². The zero-order valence-electron chi connectivity index (χ0n) is 25.1. The van der Waals surface area contributed by atoms with Gasteiger partial charge in [-0.15, -0.1) is 0 Å². The van der Waals surface area contributed by atoms with Crippen LogP contribution in [0.2, 0.25) is 0 Å². The molecule has 0 aliphatic carbocycles. The molecule has 256 valence electrons. The Kier molecular flexibility index (Phi) is 15.4. The van der Waals surface area contributed by atoms with E-state index in [1.54, 1.807) is 60.7 Å². The average molecular weight is 749 g/mol. The van der Waals surface area contributed by atoms with Gasteiger partial charge in [0.1, 0.15) is 0 Å². The second-order valence-electron chi connectivity index (χ2n) is 10.6. The van der Waals surface area contributed by atoms with Crippen LogP contribution in [0.3, 0.4) is 0 Å². The van der Waals surface area contributed by atoms with Gasteiger partial charge in [0, 0.05) is 10.7 Å². The second kappa shape index (κ2) is 17.5. The number of unbranched alkanes of at least 4 members (excludes halogenated alkanes) is 6. The van der Waals surface area contributed by atoms with Crippen LogP contribution in [0.25, 0.3) is 0 Å². The Morgan fingerprint density at radius 3 is 1.11 bits per heavy atom. The highest BCUT2D eigenvalue weighted by molar-refractivity contribution is 8.13. The lowest BCUT2D eigenvalue weighted by Crippen LogP contribution is -2.39. The molecule has 2 aromatic rings. The summed E-state index contributed by atoms with van der Waals surface area (Å²) in [6, 6.07) is 16.6. The smallest absolute Gasteiger partial charge is 0.212 e. The lowest BCUT2D eigenvalue weighted by atomic mass is 10.2. The summed E-state index contributed by atoms with van der Waals surface area (Å²) < 4.78 is 126. The van der Waals surface area contributed by atoms with Gasteiger partial charge in [0.15, 0.2) is 0 Å². The van der Waals surface area contributed by atoms with Gasteiger partial charge in [0.2, 0.25) is 49.1 Å². The molecule has 0 aliphatic heterocycles. The highest BCUT2D eigenvalue weighted by atomic mass is 35.7. The van der Waals surface area contributed by atoms with Gasteiger partial charge in [-0.2, -0.15) is 0 Å². The number of sulfonamides is 4. The molecule has 0 heterocycles. The van der Waals surface area contributed by atoms with Crippen molar-refractivity contribution in [2.24, 2.45) is 0 Å². The van der Waals surface area contributed by atoms with Gasteiger partial charge < -0.3 is 0 Å². The average Bonchev–Trinajstić information content (AvgIpc) is 2.94. The third-order valence-corrected chi connectivity index (χ3v) is 16.3. The molecular formula is C27H41ClN2O10S5. The van der Waals surface area contributed by atoms with Gasteiger partial charge in [-0.3, -0.25) is 0 Å². The molecular weight excluding hydrogens is 708 g/mol. The molecule has 45 heavy (non-hydrogen) atoms. The zero-order valence-corrected chi connectivity index (χ0v) is 29.9. The summed E-state index contributed by atoms with van der Waals surface area (Å²) in [5.74, 6) is -1.61. The first kappa shape index (κ1) is 39.6. The second-order valence-corrected chi connectivity index (χ2v) is 21.9. The van der Waals surface area contributed by atoms with Gasteiger partial charge in [-0.25, -0.2) is 42.1 Å². The van der Waals surface area contributed by atoms with Crippen molar-refractivity contribution in [3.8, 4) is 0 Å². The maximum absolute atomic E-state index is 13.3. The van der Waals surface area contributed by atoms with E-state index in [0.717, 1.165) is 6.26 Å². The van der Waals surface area contributed by atoms with Crippen LogP contribution in [0.4, 0.5) is 0 Å². The third-order valence-electron chi connectivity index (χ3n) is 6.70. The first-order valence-corrected chi connectivity index (χ1v) is 23.4. The Labute approximate surface area is 273 Å². The summed E-state index contributed by atoms with van der Waals surface area (Å²) in [7, 11) is -15.3. The number of halogens is 1. The molecule has 0 saturated heterocycles. The summed E-state index contributed by atoms with van der Waals surface area (Å²) in [5.41, 5.74) is 0.988. The Morgan fingerprint density at radius 2 is 0.778 bits per heavy atom. The van der Waals surface area contributed by atoms with Crippen LogP contribution in [0.15, 0.2) is 60.7 Å². The standard InChI is InChI=1S/C27H41ClN2O10S5/c1-41(31,32)29(24-26-16-8-6-9-17-26)43(35,36)21-13-4-5-15-23-45(39,40)30(25-27-18-10-7-11-19-27)44(37,38)22-14-3-2-12-20-42(28,33)34/h6-11,16-19H,2-5,12-15,20-25H2,1H3. The van der Waals surface area contributed by atoms with Gasteiger partial charge in [0.25, 0.3) is 0 Å². The minimum absolute atomic E-state index is 0.0654. The van der Waals surface area contributed by atoms with E-state index in [9.17, 15) is 42.1 Å². The quantitative estimate of drug-likeness (QED) is 0.128. The fraction of sp³-hybridized carbons (Fsp3) is 0.556. The molecule has 2 aromatic carbocycles. The van der Waals surface area contributed by atoms with Crippen LogP contribution < -0.4 is 0 Å². The Morgan fingerprint density at radius 1 is 0.467 bits per heavy atom. The van der Waals surface area contributed by atoms with E-state index < -0.39 is 66.4 Å². The minimum Gasteiger partial charge on any atom is -0.212 e. The Hall–Kier alpha value is -1.60. The predicted octanol–water partition coefficient (Wildman–Crippen LogP) is 3.63. The van der Waals surface area contributed by atoms with Gasteiger partial charge in [-0.05, 0) is 36.8 Å². The molecule has 0 aromatic heterocycles. The highest BCUT2D eigenvalue weighted by Crippen LogP contribution is 2.20. The van der Waals surface area contributed by atoms with E-state index in [4.69, 9.17) is 10.7 Å². The van der Waals surface area contributed by atoms with E-state index in [1.807, 2.05) is 0 Å².